The Morgan fingerprint density at radius 1 is 1.14 bits per heavy atom. The van der Waals surface area contributed by atoms with Crippen molar-refractivity contribution in [3.8, 4) is 0 Å². The van der Waals surface area contributed by atoms with Gasteiger partial charge >= 0.3 is 11.9 Å². The molecule has 1 saturated carbocycles. The number of hydrogen-bond acceptors (Lipinski definition) is 2. The van der Waals surface area contributed by atoms with Crippen molar-refractivity contribution < 1.29 is 19.8 Å². The zero-order valence-corrected chi connectivity index (χ0v) is 8.27. The Balaban J connectivity index is 2.79. The van der Waals surface area contributed by atoms with Crippen molar-refractivity contribution in [3.63, 3.8) is 0 Å². The second kappa shape index (κ2) is 4.44. The Kier molecular flexibility index (Phi) is 3.49. The van der Waals surface area contributed by atoms with E-state index in [1.54, 1.807) is 0 Å². The van der Waals surface area contributed by atoms with Crippen LogP contribution in [0.15, 0.2) is 0 Å². The van der Waals surface area contributed by atoms with Crippen molar-refractivity contribution in [1.29, 1.82) is 0 Å². The van der Waals surface area contributed by atoms with E-state index in [1.165, 1.54) is 0 Å². The van der Waals surface area contributed by atoms with E-state index < -0.39 is 23.8 Å². The number of hydrogen-bond donors (Lipinski definition) is 2. The molecular formula is C10H16O4. The summed E-state index contributed by atoms with van der Waals surface area (Å²) in [6.45, 7) is 1.86. The number of carboxylic acids is 2. The highest BCUT2D eigenvalue weighted by Gasteiger charge is 2.39. The maximum Gasteiger partial charge on any atom is 0.306 e. The van der Waals surface area contributed by atoms with Crippen LogP contribution in [0, 0.1) is 17.8 Å². The first-order valence-electron chi connectivity index (χ1n) is 5.03. The molecule has 0 aromatic heterocycles. The fourth-order valence-electron chi connectivity index (χ4n) is 2.45. The van der Waals surface area contributed by atoms with Gasteiger partial charge in [-0.2, -0.15) is 0 Å². The molecule has 4 heteroatoms. The van der Waals surface area contributed by atoms with Crippen LogP contribution in [0.25, 0.3) is 0 Å². The summed E-state index contributed by atoms with van der Waals surface area (Å²) >= 11 is 0. The Bertz CT molecular complexity index is 214. The molecule has 1 aliphatic rings. The molecule has 0 radical (unpaired) electrons. The normalized spacial score (nSPS) is 32.5. The van der Waals surface area contributed by atoms with Gasteiger partial charge in [-0.25, -0.2) is 0 Å². The molecule has 0 aliphatic heterocycles. The van der Waals surface area contributed by atoms with E-state index in [-0.39, 0.29) is 5.92 Å². The molecule has 4 nitrogen and oxygen atoms in total. The average Bonchev–Trinajstić information content (AvgIpc) is 2.16. The second-order valence-corrected chi connectivity index (χ2v) is 3.89. The zero-order chi connectivity index (χ0) is 10.7. The van der Waals surface area contributed by atoms with Crippen LogP contribution >= 0.6 is 0 Å². The van der Waals surface area contributed by atoms with Crippen molar-refractivity contribution in [3.05, 3.63) is 0 Å². The highest BCUT2D eigenvalue weighted by molar-refractivity contribution is 5.75. The van der Waals surface area contributed by atoms with Crippen LogP contribution in [0.5, 0.6) is 0 Å². The van der Waals surface area contributed by atoms with Gasteiger partial charge < -0.3 is 10.2 Å². The smallest absolute Gasteiger partial charge is 0.306 e. The molecule has 14 heavy (non-hydrogen) atoms. The summed E-state index contributed by atoms with van der Waals surface area (Å²) in [6, 6.07) is 0. The zero-order valence-electron chi connectivity index (χ0n) is 8.27. The van der Waals surface area contributed by atoms with E-state index >= 15 is 0 Å². The van der Waals surface area contributed by atoms with E-state index in [0.717, 1.165) is 0 Å². The third-order valence-corrected chi connectivity index (χ3v) is 3.17. The van der Waals surface area contributed by atoms with Crippen LogP contribution in [0.3, 0.4) is 0 Å². The van der Waals surface area contributed by atoms with Crippen molar-refractivity contribution in [2.45, 2.75) is 32.6 Å². The second-order valence-electron chi connectivity index (χ2n) is 3.89. The van der Waals surface area contributed by atoms with E-state index in [1.807, 2.05) is 6.92 Å². The van der Waals surface area contributed by atoms with E-state index in [2.05, 4.69) is 0 Å². The quantitative estimate of drug-likeness (QED) is 0.725. The molecular weight excluding hydrogens is 184 g/mol. The Hall–Kier alpha value is -1.06. The van der Waals surface area contributed by atoms with Crippen molar-refractivity contribution >= 4 is 11.9 Å². The van der Waals surface area contributed by atoms with Crippen LogP contribution in [-0.2, 0) is 9.59 Å². The number of carboxylic acid groups (broad SMARTS) is 2. The monoisotopic (exact) mass is 200 g/mol. The van der Waals surface area contributed by atoms with Crippen molar-refractivity contribution in [1.82, 2.24) is 0 Å². The SMILES string of the molecule is CCC1C(C(=O)O)CCCC1C(=O)O. The molecule has 2 unspecified atom stereocenters. The lowest BCUT2D eigenvalue weighted by atomic mass is 9.71. The number of aliphatic carboxylic acids is 2. The topological polar surface area (TPSA) is 74.6 Å². The van der Waals surface area contributed by atoms with Crippen LogP contribution < -0.4 is 0 Å². The Morgan fingerprint density at radius 2 is 1.57 bits per heavy atom. The first kappa shape index (κ1) is 11.0. The number of carbonyl (C=O) groups is 2. The predicted molar refractivity (Wildman–Crippen MR) is 49.9 cm³/mol. The van der Waals surface area contributed by atoms with Gasteiger partial charge in [-0.05, 0) is 18.8 Å². The van der Waals surface area contributed by atoms with Gasteiger partial charge in [-0.15, -0.1) is 0 Å². The maximum absolute atomic E-state index is 10.9. The lowest BCUT2D eigenvalue weighted by Crippen LogP contribution is -2.36. The van der Waals surface area contributed by atoms with Gasteiger partial charge in [0.05, 0.1) is 11.8 Å². The highest BCUT2D eigenvalue weighted by atomic mass is 16.4. The maximum atomic E-state index is 10.9. The molecule has 0 heterocycles. The molecule has 2 N–H and O–H groups in total. The third-order valence-electron chi connectivity index (χ3n) is 3.17. The summed E-state index contributed by atoms with van der Waals surface area (Å²) in [6.07, 6.45) is 2.59. The van der Waals surface area contributed by atoms with Gasteiger partial charge in [0.1, 0.15) is 0 Å². The molecule has 2 atom stereocenters. The average molecular weight is 200 g/mol. The minimum atomic E-state index is -0.845. The van der Waals surface area contributed by atoms with Gasteiger partial charge in [-0.3, -0.25) is 9.59 Å². The Labute approximate surface area is 82.9 Å². The first-order chi connectivity index (χ1) is 6.57. The first-order valence-corrected chi connectivity index (χ1v) is 5.03. The van der Waals surface area contributed by atoms with Crippen LogP contribution in [0.4, 0.5) is 0 Å². The molecule has 0 spiro atoms. The van der Waals surface area contributed by atoms with Gasteiger partial charge in [0, 0.05) is 0 Å². The molecule has 0 aromatic rings. The molecule has 1 fully saturated rings. The van der Waals surface area contributed by atoms with Crippen molar-refractivity contribution in [2.75, 3.05) is 0 Å². The molecule has 1 aliphatic carbocycles. The van der Waals surface area contributed by atoms with Crippen LogP contribution in [0.1, 0.15) is 32.6 Å². The fraction of sp³-hybridized carbons (Fsp3) is 0.800. The summed E-state index contributed by atoms with van der Waals surface area (Å²) in [4.78, 5) is 21.8. The molecule has 0 amide bonds. The van der Waals surface area contributed by atoms with Crippen molar-refractivity contribution in [2.24, 2.45) is 17.8 Å². The summed E-state index contributed by atoms with van der Waals surface area (Å²) in [5.41, 5.74) is 0. The number of rotatable bonds is 3. The van der Waals surface area contributed by atoms with Crippen LogP contribution in [-0.4, -0.2) is 22.2 Å². The van der Waals surface area contributed by atoms with Gasteiger partial charge in [0.15, 0.2) is 0 Å². The standard InChI is InChI=1S/C10H16O4/c1-2-6-7(9(11)12)4-3-5-8(6)10(13)14/h6-8H,2-5H2,1H3,(H,11,12)(H,13,14). The van der Waals surface area contributed by atoms with Gasteiger partial charge in [-0.1, -0.05) is 19.8 Å². The molecule has 80 valence electrons. The molecule has 0 saturated heterocycles. The highest BCUT2D eigenvalue weighted by Crippen LogP contribution is 2.37. The summed E-state index contributed by atoms with van der Waals surface area (Å²) in [5, 5.41) is 17.9. The van der Waals surface area contributed by atoms with Gasteiger partial charge in [0.25, 0.3) is 0 Å². The lowest BCUT2D eigenvalue weighted by Gasteiger charge is -2.32. The lowest BCUT2D eigenvalue weighted by molar-refractivity contribution is -0.152. The molecule has 0 aromatic carbocycles. The third kappa shape index (κ3) is 2.05. The van der Waals surface area contributed by atoms with Crippen LogP contribution in [0.2, 0.25) is 0 Å². The summed E-state index contributed by atoms with van der Waals surface area (Å²) < 4.78 is 0. The molecule has 0 bridgehead atoms. The molecule has 1 rings (SSSR count). The van der Waals surface area contributed by atoms with Gasteiger partial charge in [0.2, 0.25) is 0 Å². The Morgan fingerprint density at radius 3 is 1.86 bits per heavy atom. The van der Waals surface area contributed by atoms with E-state index in [0.29, 0.717) is 25.7 Å². The summed E-state index contributed by atoms with van der Waals surface area (Å²) in [5.74, 6) is -2.81. The largest absolute Gasteiger partial charge is 0.481 e. The minimum Gasteiger partial charge on any atom is -0.481 e. The predicted octanol–water partition coefficient (Wildman–Crippen LogP) is 1.60. The minimum absolute atomic E-state index is 0.196. The summed E-state index contributed by atoms with van der Waals surface area (Å²) in [7, 11) is 0. The fourth-order valence-corrected chi connectivity index (χ4v) is 2.45. The van der Waals surface area contributed by atoms with E-state index in [9.17, 15) is 9.59 Å². The van der Waals surface area contributed by atoms with E-state index in [4.69, 9.17) is 10.2 Å².